The molecule has 0 aromatic heterocycles. The zero-order chi connectivity index (χ0) is 14.3. The molecule has 0 aliphatic rings. The summed E-state index contributed by atoms with van der Waals surface area (Å²) in [4.78, 5) is 12.2. The molecule has 19 heavy (non-hydrogen) atoms. The Hall–Kier alpha value is -1.55. The molecule has 1 unspecified atom stereocenters. The topological polar surface area (TPSA) is 64.3 Å². The summed E-state index contributed by atoms with van der Waals surface area (Å²) in [5.74, 6) is 0.954. The highest BCUT2D eigenvalue weighted by molar-refractivity contribution is 5.97. The number of hydrogen-bond acceptors (Lipinski definition) is 3. The minimum Gasteiger partial charge on any atom is -0.496 e. The third kappa shape index (κ3) is 4.56. The van der Waals surface area contributed by atoms with Gasteiger partial charge in [0.2, 0.25) is 0 Å². The van der Waals surface area contributed by atoms with Crippen molar-refractivity contribution in [2.75, 3.05) is 20.2 Å². The van der Waals surface area contributed by atoms with Crippen LogP contribution in [0.2, 0.25) is 0 Å². The van der Waals surface area contributed by atoms with Crippen LogP contribution in [0, 0.1) is 12.8 Å². The lowest BCUT2D eigenvalue weighted by Crippen LogP contribution is -2.30. The Morgan fingerprint density at radius 3 is 2.79 bits per heavy atom. The summed E-state index contributed by atoms with van der Waals surface area (Å²) in [6.45, 7) is 5.38. The number of nitrogens with two attached hydrogens (primary N) is 1. The molecule has 1 atom stereocenters. The molecule has 1 rings (SSSR count). The number of carbonyl (C=O) groups is 1. The van der Waals surface area contributed by atoms with Crippen molar-refractivity contribution in [1.82, 2.24) is 5.32 Å². The molecule has 0 bridgehead atoms. The van der Waals surface area contributed by atoms with E-state index in [9.17, 15) is 4.79 Å². The van der Waals surface area contributed by atoms with Crippen LogP contribution < -0.4 is 15.8 Å². The predicted molar refractivity (Wildman–Crippen MR) is 77.5 cm³/mol. The van der Waals surface area contributed by atoms with Crippen molar-refractivity contribution >= 4 is 5.91 Å². The van der Waals surface area contributed by atoms with Crippen LogP contribution >= 0.6 is 0 Å². The van der Waals surface area contributed by atoms with Crippen molar-refractivity contribution in [3.8, 4) is 5.75 Å². The number of amides is 1. The molecule has 4 nitrogen and oxygen atoms in total. The summed E-state index contributed by atoms with van der Waals surface area (Å²) in [5, 5.41) is 2.96. The van der Waals surface area contributed by atoms with Crippen molar-refractivity contribution in [2.24, 2.45) is 11.7 Å². The molecule has 0 saturated heterocycles. The fraction of sp³-hybridized carbons (Fsp3) is 0.533. The van der Waals surface area contributed by atoms with Gasteiger partial charge in [-0.3, -0.25) is 4.79 Å². The summed E-state index contributed by atoms with van der Waals surface area (Å²) >= 11 is 0. The fourth-order valence-corrected chi connectivity index (χ4v) is 2.02. The van der Waals surface area contributed by atoms with Gasteiger partial charge in [-0.25, -0.2) is 0 Å². The van der Waals surface area contributed by atoms with Crippen LogP contribution in [0.25, 0.3) is 0 Å². The maximum absolute atomic E-state index is 12.2. The van der Waals surface area contributed by atoms with Crippen LogP contribution in [0.15, 0.2) is 18.2 Å². The molecular formula is C15H24N2O2. The van der Waals surface area contributed by atoms with Crippen molar-refractivity contribution in [2.45, 2.75) is 26.7 Å². The van der Waals surface area contributed by atoms with Gasteiger partial charge in [-0.15, -0.1) is 0 Å². The van der Waals surface area contributed by atoms with E-state index < -0.39 is 0 Å². The maximum Gasteiger partial charge on any atom is 0.255 e. The number of nitrogens with one attached hydrogen (secondary N) is 1. The van der Waals surface area contributed by atoms with Gasteiger partial charge in [-0.05, 0) is 37.9 Å². The van der Waals surface area contributed by atoms with Crippen LogP contribution in [0.5, 0.6) is 5.75 Å². The Morgan fingerprint density at radius 2 is 2.21 bits per heavy atom. The van der Waals surface area contributed by atoms with Gasteiger partial charge in [0.15, 0.2) is 0 Å². The number of benzene rings is 1. The standard InChI is InChI=1S/C15H24N2O2/c1-4-12(7-8-16)10-17-15(18)13-9-11(2)5-6-14(13)19-3/h5-6,9,12H,4,7-8,10,16H2,1-3H3,(H,17,18). The maximum atomic E-state index is 12.2. The molecule has 1 aromatic rings. The largest absolute Gasteiger partial charge is 0.496 e. The summed E-state index contributed by atoms with van der Waals surface area (Å²) < 4.78 is 5.22. The van der Waals surface area contributed by atoms with Crippen LogP contribution in [0.1, 0.15) is 35.7 Å². The second kappa shape index (κ2) is 7.79. The number of aryl methyl sites for hydroxylation is 1. The van der Waals surface area contributed by atoms with Crippen molar-refractivity contribution in [3.63, 3.8) is 0 Å². The normalized spacial score (nSPS) is 12.0. The highest BCUT2D eigenvalue weighted by Crippen LogP contribution is 2.19. The summed E-state index contributed by atoms with van der Waals surface area (Å²) in [6.07, 6.45) is 1.95. The predicted octanol–water partition coefficient (Wildman–Crippen LogP) is 2.11. The van der Waals surface area contributed by atoms with Crippen LogP contribution in [-0.2, 0) is 0 Å². The number of hydrogen-bond donors (Lipinski definition) is 2. The van der Waals surface area contributed by atoms with Crippen molar-refractivity contribution in [3.05, 3.63) is 29.3 Å². The van der Waals surface area contributed by atoms with Crippen LogP contribution in [0.4, 0.5) is 0 Å². The average Bonchev–Trinajstić information content (AvgIpc) is 2.43. The molecule has 3 N–H and O–H groups in total. The van der Waals surface area contributed by atoms with Crippen LogP contribution in [0.3, 0.4) is 0 Å². The first-order valence-corrected chi connectivity index (χ1v) is 6.75. The highest BCUT2D eigenvalue weighted by Gasteiger charge is 2.14. The molecule has 0 aliphatic heterocycles. The lowest BCUT2D eigenvalue weighted by atomic mass is 10.0. The zero-order valence-corrected chi connectivity index (χ0v) is 12.0. The molecule has 0 aliphatic carbocycles. The molecular weight excluding hydrogens is 240 g/mol. The van der Waals surface area contributed by atoms with E-state index >= 15 is 0 Å². The van der Waals surface area contributed by atoms with E-state index in [2.05, 4.69) is 12.2 Å². The van der Waals surface area contributed by atoms with E-state index in [1.165, 1.54) is 0 Å². The first kappa shape index (κ1) is 15.5. The van der Waals surface area contributed by atoms with E-state index in [0.717, 1.165) is 18.4 Å². The molecule has 0 heterocycles. The molecule has 0 spiro atoms. The van der Waals surface area contributed by atoms with Crippen molar-refractivity contribution < 1.29 is 9.53 Å². The molecule has 0 fully saturated rings. The first-order chi connectivity index (χ1) is 9.12. The molecule has 1 aromatic carbocycles. The quantitative estimate of drug-likeness (QED) is 0.792. The van der Waals surface area contributed by atoms with Crippen molar-refractivity contribution in [1.29, 1.82) is 0 Å². The van der Waals surface area contributed by atoms with Gasteiger partial charge >= 0.3 is 0 Å². The Labute approximate surface area is 115 Å². The number of ether oxygens (including phenoxy) is 1. The number of carbonyl (C=O) groups excluding carboxylic acids is 1. The Morgan fingerprint density at radius 1 is 1.47 bits per heavy atom. The smallest absolute Gasteiger partial charge is 0.255 e. The number of rotatable bonds is 7. The Kier molecular flexibility index (Phi) is 6.36. The second-order valence-electron chi connectivity index (χ2n) is 4.77. The fourth-order valence-electron chi connectivity index (χ4n) is 2.02. The van der Waals surface area contributed by atoms with Gasteiger partial charge in [0.05, 0.1) is 12.7 Å². The summed E-state index contributed by atoms with van der Waals surface area (Å²) in [5.41, 5.74) is 7.18. The third-order valence-electron chi connectivity index (χ3n) is 3.30. The van der Waals surface area contributed by atoms with Gasteiger partial charge in [0.25, 0.3) is 5.91 Å². The van der Waals surface area contributed by atoms with E-state index in [1.54, 1.807) is 7.11 Å². The van der Waals surface area contributed by atoms with E-state index in [-0.39, 0.29) is 5.91 Å². The minimum absolute atomic E-state index is 0.0870. The molecule has 4 heteroatoms. The minimum atomic E-state index is -0.0870. The highest BCUT2D eigenvalue weighted by atomic mass is 16.5. The lowest BCUT2D eigenvalue weighted by Gasteiger charge is -2.15. The Balaban J connectivity index is 2.69. The molecule has 1 amide bonds. The van der Waals surface area contributed by atoms with E-state index in [1.807, 2.05) is 25.1 Å². The first-order valence-electron chi connectivity index (χ1n) is 6.75. The van der Waals surface area contributed by atoms with E-state index in [0.29, 0.717) is 30.3 Å². The van der Waals surface area contributed by atoms with Gasteiger partial charge < -0.3 is 15.8 Å². The SMILES string of the molecule is CCC(CCN)CNC(=O)c1cc(C)ccc1OC. The van der Waals surface area contributed by atoms with E-state index in [4.69, 9.17) is 10.5 Å². The van der Waals surface area contributed by atoms with Crippen LogP contribution in [-0.4, -0.2) is 26.1 Å². The van der Waals surface area contributed by atoms with Gasteiger partial charge in [0.1, 0.15) is 5.75 Å². The lowest BCUT2D eigenvalue weighted by molar-refractivity contribution is 0.0943. The summed E-state index contributed by atoms with van der Waals surface area (Å²) in [7, 11) is 1.57. The monoisotopic (exact) mass is 264 g/mol. The summed E-state index contributed by atoms with van der Waals surface area (Å²) in [6, 6.07) is 5.60. The third-order valence-corrected chi connectivity index (χ3v) is 3.30. The van der Waals surface area contributed by atoms with Gasteiger partial charge in [-0.1, -0.05) is 25.0 Å². The Bertz CT molecular complexity index is 419. The molecule has 0 saturated carbocycles. The van der Waals surface area contributed by atoms with Gasteiger partial charge in [0, 0.05) is 6.54 Å². The zero-order valence-electron chi connectivity index (χ0n) is 12.0. The number of methoxy groups -OCH3 is 1. The van der Waals surface area contributed by atoms with Gasteiger partial charge in [-0.2, -0.15) is 0 Å². The average molecular weight is 264 g/mol. The molecule has 106 valence electrons. The second-order valence-corrected chi connectivity index (χ2v) is 4.77. The molecule has 0 radical (unpaired) electrons.